The summed E-state index contributed by atoms with van der Waals surface area (Å²) >= 11 is 6.33. The van der Waals surface area contributed by atoms with Crippen LogP contribution in [0.5, 0.6) is 0 Å². The molecule has 0 radical (unpaired) electrons. The largest absolute Gasteiger partial charge is 0.0840 e. The molecule has 0 fully saturated rings. The molecular weight excluding hydrogens is 216 g/mol. The zero-order valence-electron chi connectivity index (χ0n) is 10.5. The minimum atomic E-state index is 0.360. The van der Waals surface area contributed by atoms with Crippen LogP contribution in [0.4, 0.5) is 0 Å². The summed E-state index contributed by atoms with van der Waals surface area (Å²) in [5, 5.41) is 0.968. The molecule has 2 rings (SSSR count). The first kappa shape index (κ1) is 12.0. The SMILES string of the molecule is CCC1(C(C)C)CCCc2c(Cl)cccc21. The molecule has 0 nitrogen and oxygen atoms in total. The van der Waals surface area contributed by atoms with Gasteiger partial charge in [-0.25, -0.2) is 0 Å². The fourth-order valence-corrected chi connectivity index (χ4v) is 3.64. The van der Waals surface area contributed by atoms with Gasteiger partial charge in [-0.05, 0) is 54.2 Å². The molecular formula is C15H21Cl. The Hall–Kier alpha value is -0.490. The molecule has 1 aliphatic rings. The molecule has 0 aromatic heterocycles. The molecule has 88 valence electrons. The van der Waals surface area contributed by atoms with Crippen LogP contribution in [0.3, 0.4) is 0 Å². The van der Waals surface area contributed by atoms with Crippen molar-refractivity contribution in [3.63, 3.8) is 0 Å². The number of benzene rings is 1. The summed E-state index contributed by atoms with van der Waals surface area (Å²) in [7, 11) is 0. The van der Waals surface area contributed by atoms with Crippen LogP contribution in [0.25, 0.3) is 0 Å². The van der Waals surface area contributed by atoms with Crippen molar-refractivity contribution >= 4 is 11.6 Å². The van der Waals surface area contributed by atoms with Crippen molar-refractivity contribution in [2.45, 2.75) is 51.9 Å². The van der Waals surface area contributed by atoms with Crippen LogP contribution >= 0.6 is 11.6 Å². The summed E-state index contributed by atoms with van der Waals surface area (Å²) in [6, 6.07) is 6.44. The maximum absolute atomic E-state index is 6.33. The second kappa shape index (κ2) is 4.41. The zero-order valence-corrected chi connectivity index (χ0v) is 11.3. The van der Waals surface area contributed by atoms with Crippen molar-refractivity contribution < 1.29 is 0 Å². The van der Waals surface area contributed by atoms with Crippen LogP contribution in [0.15, 0.2) is 18.2 Å². The molecule has 1 aromatic rings. The number of hydrogen-bond acceptors (Lipinski definition) is 0. The van der Waals surface area contributed by atoms with E-state index in [1.807, 2.05) is 6.07 Å². The van der Waals surface area contributed by atoms with Crippen LogP contribution < -0.4 is 0 Å². The van der Waals surface area contributed by atoms with Gasteiger partial charge >= 0.3 is 0 Å². The maximum Gasteiger partial charge on any atom is 0.0440 e. The van der Waals surface area contributed by atoms with Crippen molar-refractivity contribution in [1.82, 2.24) is 0 Å². The average molecular weight is 237 g/mol. The van der Waals surface area contributed by atoms with Crippen LogP contribution in [-0.4, -0.2) is 0 Å². The van der Waals surface area contributed by atoms with Gasteiger partial charge in [-0.3, -0.25) is 0 Å². The van der Waals surface area contributed by atoms with Gasteiger partial charge in [-0.15, -0.1) is 0 Å². The second-order valence-electron chi connectivity index (χ2n) is 5.28. The smallest absolute Gasteiger partial charge is 0.0440 e. The molecule has 0 N–H and O–H groups in total. The highest BCUT2D eigenvalue weighted by molar-refractivity contribution is 6.31. The lowest BCUT2D eigenvalue weighted by Crippen LogP contribution is -2.35. The minimum Gasteiger partial charge on any atom is -0.0840 e. The highest BCUT2D eigenvalue weighted by atomic mass is 35.5. The van der Waals surface area contributed by atoms with E-state index in [4.69, 9.17) is 11.6 Å². The lowest BCUT2D eigenvalue weighted by Gasteiger charge is -2.42. The Labute approximate surface area is 104 Å². The van der Waals surface area contributed by atoms with Gasteiger partial charge in [0.25, 0.3) is 0 Å². The average Bonchev–Trinajstić information content (AvgIpc) is 2.28. The highest BCUT2D eigenvalue weighted by Gasteiger charge is 2.38. The fourth-order valence-electron chi connectivity index (χ4n) is 3.37. The summed E-state index contributed by atoms with van der Waals surface area (Å²) < 4.78 is 0. The van der Waals surface area contributed by atoms with Crippen LogP contribution in [0.1, 0.15) is 51.2 Å². The summed E-state index contributed by atoms with van der Waals surface area (Å²) in [6.07, 6.45) is 4.97. The molecule has 0 heterocycles. The Bertz CT molecular complexity index is 381. The van der Waals surface area contributed by atoms with E-state index in [0.717, 1.165) is 11.4 Å². The molecule has 16 heavy (non-hydrogen) atoms. The van der Waals surface area contributed by atoms with Crippen molar-refractivity contribution in [3.8, 4) is 0 Å². The van der Waals surface area contributed by atoms with E-state index in [9.17, 15) is 0 Å². The molecule has 0 saturated heterocycles. The summed E-state index contributed by atoms with van der Waals surface area (Å²) in [6.45, 7) is 7.01. The minimum absolute atomic E-state index is 0.360. The van der Waals surface area contributed by atoms with E-state index in [2.05, 4.69) is 32.9 Å². The standard InChI is InChI=1S/C15H21Cl/c1-4-15(11(2)3)10-6-7-12-13(15)8-5-9-14(12)16/h5,8-9,11H,4,6-7,10H2,1-3H3. The van der Waals surface area contributed by atoms with Crippen molar-refractivity contribution in [2.75, 3.05) is 0 Å². The van der Waals surface area contributed by atoms with Crippen LogP contribution in [0, 0.1) is 5.92 Å². The van der Waals surface area contributed by atoms with Crippen LogP contribution in [0.2, 0.25) is 5.02 Å². The quantitative estimate of drug-likeness (QED) is 0.680. The molecule has 0 spiro atoms. The Morgan fingerprint density at radius 1 is 1.38 bits per heavy atom. The Balaban J connectivity index is 2.58. The predicted octanol–water partition coefficient (Wildman–Crippen LogP) is 4.98. The van der Waals surface area contributed by atoms with Crippen LogP contribution in [-0.2, 0) is 11.8 Å². The van der Waals surface area contributed by atoms with Crippen molar-refractivity contribution in [3.05, 3.63) is 34.3 Å². The molecule has 1 unspecified atom stereocenters. The normalized spacial score (nSPS) is 24.6. The van der Waals surface area contributed by atoms with E-state index in [0.29, 0.717) is 11.3 Å². The fraction of sp³-hybridized carbons (Fsp3) is 0.600. The Morgan fingerprint density at radius 2 is 2.12 bits per heavy atom. The maximum atomic E-state index is 6.33. The Kier molecular flexibility index (Phi) is 3.30. The zero-order chi connectivity index (χ0) is 11.8. The first-order valence-electron chi connectivity index (χ1n) is 6.39. The molecule has 0 bridgehead atoms. The van der Waals surface area contributed by atoms with Crippen molar-refractivity contribution in [1.29, 1.82) is 0 Å². The molecule has 1 atom stereocenters. The number of halogens is 1. The molecule has 1 heteroatoms. The van der Waals surface area contributed by atoms with Gasteiger partial charge in [0, 0.05) is 5.02 Å². The van der Waals surface area contributed by atoms with Gasteiger partial charge in [0.05, 0.1) is 0 Å². The summed E-state index contributed by atoms with van der Waals surface area (Å²) in [5.74, 6) is 0.690. The third-order valence-corrected chi connectivity index (χ3v) is 4.80. The van der Waals surface area contributed by atoms with Gasteiger partial charge in [0.2, 0.25) is 0 Å². The summed E-state index contributed by atoms with van der Waals surface area (Å²) in [4.78, 5) is 0. The first-order chi connectivity index (χ1) is 7.62. The lowest BCUT2D eigenvalue weighted by atomic mass is 9.62. The number of rotatable bonds is 2. The second-order valence-corrected chi connectivity index (χ2v) is 5.69. The van der Waals surface area contributed by atoms with Crippen molar-refractivity contribution in [2.24, 2.45) is 5.92 Å². The molecule has 1 aromatic carbocycles. The highest BCUT2D eigenvalue weighted by Crippen LogP contribution is 2.46. The van der Waals surface area contributed by atoms with Gasteiger partial charge in [-0.2, -0.15) is 0 Å². The van der Waals surface area contributed by atoms with Gasteiger partial charge in [0.15, 0.2) is 0 Å². The van der Waals surface area contributed by atoms with E-state index in [-0.39, 0.29) is 0 Å². The number of fused-ring (bicyclic) bond motifs is 1. The third-order valence-electron chi connectivity index (χ3n) is 4.44. The third kappa shape index (κ3) is 1.68. The first-order valence-corrected chi connectivity index (χ1v) is 6.77. The molecule has 1 aliphatic carbocycles. The molecule has 0 amide bonds. The topological polar surface area (TPSA) is 0 Å². The van der Waals surface area contributed by atoms with E-state index in [1.54, 1.807) is 0 Å². The summed E-state index contributed by atoms with van der Waals surface area (Å²) in [5.41, 5.74) is 3.29. The van der Waals surface area contributed by atoms with Gasteiger partial charge in [0.1, 0.15) is 0 Å². The van der Waals surface area contributed by atoms with E-state index >= 15 is 0 Å². The Morgan fingerprint density at radius 3 is 2.75 bits per heavy atom. The molecule has 0 saturated carbocycles. The van der Waals surface area contributed by atoms with Gasteiger partial charge in [-0.1, -0.05) is 44.5 Å². The lowest BCUT2D eigenvalue weighted by molar-refractivity contribution is 0.253. The van der Waals surface area contributed by atoms with E-state index < -0.39 is 0 Å². The van der Waals surface area contributed by atoms with Gasteiger partial charge < -0.3 is 0 Å². The monoisotopic (exact) mass is 236 g/mol. The predicted molar refractivity (Wildman–Crippen MR) is 71.2 cm³/mol. The van der Waals surface area contributed by atoms with E-state index in [1.165, 1.54) is 30.4 Å². The number of hydrogen-bond donors (Lipinski definition) is 0. The molecule has 0 aliphatic heterocycles.